The van der Waals surface area contributed by atoms with Gasteiger partial charge in [0.15, 0.2) is 6.61 Å². The molecule has 0 spiro atoms. The number of ether oxygens (including phenoxy) is 1. The highest BCUT2D eigenvalue weighted by atomic mass is 32.2. The fraction of sp³-hybridized carbons (Fsp3) is 0.316. The molecule has 150 valence electrons. The van der Waals surface area contributed by atoms with Crippen molar-refractivity contribution in [1.29, 1.82) is 0 Å². The number of non-ortho nitro benzene ring substituents is 1. The molecule has 0 heterocycles. The van der Waals surface area contributed by atoms with E-state index in [4.69, 9.17) is 4.74 Å². The summed E-state index contributed by atoms with van der Waals surface area (Å²) in [6.45, 7) is 5.56. The van der Waals surface area contributed by atoms with Gasteiger partial charge in [0.05, 0.1) is 10.7 Å². The Kier molecular flexibility index (Phi) is 6.40. The molecule has 0 atom stereocenters. The fourth-order valence-corrected chi connectivity index (χ4v) is 3.64. The molecule has 0 aliphatic heterocycles. The van der Waals surface area contributed by atoms with Crippen LogP contribution in [0.5, 0.6) is 5.75 Å². The Hall–Kier alpha value is -2.94. The zero-order valence-corrected chi connectivity index (χ0v) is 16.7. The smallest absolute Gasteiger partial charge is 0.271 e. The number of hydrogen-bond acceptors (Lipinski definition) is 6. The molecule has 2 aromatic carbocycles. The fourth-order valence-electron chi connectivity index (χ4n) is 2.53. The van der Waals surface area contributed by atoms with E-state index in [-0.39, 0.29) is 11.1 Å². The largest absolute Gasteiger partial charge is 0.483 e. The van der Waals surface area contributed by atoms with Crippen molar-refractivity contribution in [3.63, 3.8) is 0 Å². The van der Waals surface area contributed by atoms with Crippen molar-refractivity contribution >= 4 is 21.6 Å². The van der Waals surface area contributed by atoms with Crippen LogP contribution >= 0.6 is 0 Å². The van der Waals surface area contributed by atoms with Crippen molar-refractivity contribution in [3.8, 4) is 5.75 Å². The number of carbonyl (C=O) groups is 1. The number of carbonyl (C=O) groups excluding carboxylic acids is 1. The topological polar surface area (TPSA) is 116 Å². The SMILES string of the molecule is CC(C)(C)c1ccccc1OCC(=O)NS(=O)(=O)Cc1ccc([N+](=O)[O-])cc1. The Bertz CT molecular complexity index is 963. The van der Waals surface area contributed by atoms with Crippen LogP contribution in [0, 0.1) is 10.1 Å². The van der Waals surface area contributed by atoms with E-state index in [1.807, 2.05) is 37.6 Å². The van der Waals surface area contributed by atoms with Gasteiger partial charge in [0.25, 0.3) is 11.6 Å². The molecule has 28 heavy (non-hydrogen) atoms. The van der Waals surface area contributed by atoms with E-state index in [1.54, 1.807) is 12.1 Å². The zero-order valence-electron chi connectivity index (χ0n) is 15.8. The average molecular weight is 406 g/mol. The molecule has 0 fully saturated rings. The Labute approximate surface area is 163 Å². The molecule has 0 aliphatic carbocycles. The molecule has 2 aromatic rings. The summed E-state index contributed by atoms with van der Waals surface area (Å²) in [6, 6.07) is 12.3. The molecule has 0 aromatic heterocycles. The van der Waals surface area contributed by atoms with E-state index in [0.29, 0.717) is 11.3 Å². The van der Waals surface area contributed by atoms with Crippen molar-refractivity contribution in [3.05, 3.63) is 69.8 Å². The summed E-state index contributed by atoms with van der Waals surface area (Å²) in [5.74, 6) is -0.765. The third-order valence-electron chi connectivity index (χ3n) is 3.83. The van der Waals surface area contributed by atoms with Crippen LogP contribution in [0.1, 0.15) is 31.9 Å². The van der Waals surface area contributed by atoms with Gasteiger partial charge in [0, 0.05) is 12.1 Å². The quantitative estimate of drug-likeness (QED) is 0.558. The number of rotatable bonds is 7. The van der Waals surface area contributed by atoms with Gasteiger partial charge in [-0.25, -0.2) is 13.1 Å². The molecule has 0 aliphatic rings. The monoisotopic (exact) mass is 406 g/mol. The Balaban J connectivity index is 1.98. The van der Waals surface area contributed by atoms with Gasteiger partial charge < -0.3 is 4.74 Å². The number of nitro groups is 1. The number of nitrogens with one attached hydrogen (secondary N) is 1. The van der Waals surface area contributed by atoms with Crippen LogP contribution in [0.15, 0.2) is 48.5 Å². The van der Waals surface area contributed by atoms with Gasteiger partial charge in [-0.2, -0.15) is 0 Å². The normalized spacial score (nSPS) is 11.7. The standard InChI is InChI=1S/C19H22N2O6S/c1-19(2,3)16-6-4-5-7-17(16)27-12-18(22)20-28(25,26)13-14-8-10-15(11-9-14)21(23)24/h4-11H,12-13H2,1-3H3,(H,20,22). The third kappa shape index (κ3) is 6.05. The molecule has 1 N–H and O–H groups in total. The Morgan fingerprint density at radius 2 is 1.71 bits per heavy atom. The highest BCUT2D eigenvalue weighted by Crippen LogP contribution is 2.30. The van der Waals surface area contributed by atoms with Crippen LogP contribution in [-0.4, -0.2) is 25.9 Å². The summed E-state index contributed by atoms with van der Waals surface area (Å²) >= 11 is 0. The number of amides is 1. The Morgan fingerprint density at radius 3 is 2.29 bits per heavy atom. The minimum Gasteiger partial charge on any atom is -0.483 e. The molecule has 0 saturated carbocycles. The molecular formula is C19H22N2O6S. The number of hydrogen-bond donors (Lipinski definition) is 1. The van der Waals surface area contributed by atoms with Crippen molar-refractivity contribution < 1.29 is 22.9 Å². The number of para-hydroxylation sites is 1. The summed E-state index contributed by atoms with van der Waals surface area (Å²) in [7, 11) is -3.96. The lowest BCUT2D eigenvalue weighted by atomic mass is 9.86. The predicted octanol–water partition coefficient (Wildman–Crippen LogP) is 2.92. The summed E-state index contributed by atoms with van der Waals surface area (Å²) in [5.41, 5.74) is 0.882. The summed E-state index contributed by atoms with van der Waals surface area (Å²) < 4.78 is 31.7. The summed E-state index contributed by atoms with van der Waals surface area (Å²) in [5, 5.41) is 10.6. The van der Waals surface area contributed by atoms with E-state index in [1.165, 1.54) is 24.3 Å². The first kappa shape index (κ1) is 21.4. The van der Waals surface area contributed by atoms with E-state index in [2.05, 4.69) is 0 Å². The highest BCUT2D eigenvalue weighted by molar-refractivity contribution is 7.89. The van der Waals surface area contributed by atoms with Gasteiger partial charge in [-0.15, -0.1) is 0 Å². The van der Waals surface area contributed by atoms with E-state index >= 15 is 0 Å². The van der Waals surface area contributed by atoms with Gasteiger partial charge in [-0.05, 0) is 22.6 Å². The van der Waals surface area contributed by atoms with Gasteiger partial charge in [0.1, 0.15) is 5.75 Å². The maximum absolute atomic E-state index is 12.1. The minimum atomic E-state index is -3.96. The molecule has 0 unspecified atom stereocenters. The van der Waals surface area contributed by atoms with Crippen molar-refractivity contribution in [1.82, 2.24) is 4.72 Å². The third-order valence-corrected chi connectivity index (χ3v) is 5.08. The van der Waals surface area contributed by atoms with Crippen LogP contribution in [0.2, 0.25) is 0 Å². The van der Waals surface area contributed by atoms with Gasteiger partial charge in [-0.1, -0.05) is 51.1 Å². The minimum absolute atomic E-state index is 0.143. The van der Waals surface area contributed by atoms with Crippen LogP contribution in [-0.2, 0) is 26.0 Å². The predicted molar refractivity (Wildman–Crippen MR) is 104 cm³/mol. The average Bonchev–Trinajstić information content (AvgIpc) is 2.59. The highest BCUT2D eigenvalue weighted by Gasteiger charge is 2.20. The molecular weight excluding hydrogens is 384 g/mol. The van der Waals surface area contributed by atoms with Crippen LogP contribution in [0.25, 0.3) is 0 Å². The molecule has 9 heteroatoms. The molecule has 0 saturated heterocycles. The van der Waals surface area contributed by atoms with E-state index in [9.17, 15) is 23.3 Å². The van der Waals surface area contributed by atoms with E-state index < -0.39 is 33.2 Å². The maximum atomic E-state index is 12.1. The lowest BCUT2D eigenvalue weighted by Gasteiger charge is -2.22. The van der Waals surface area contributed by atoms with Crippen LogP contribution in [0.4, 0.5) is 5.69 Å². The molecule has 2 rings (SSSR count). The lowest BCUT2D eigenvalue weighted by Crippen LogP contribution is -2.35. The first-order valence-corrected chi connectivity index (χ1v) is 10.1. The molecule has 0 bridgehead atoms. The molecule has 8 nitrogen and oxygen atoms in total. The molecule has 1 amide bonds. The van der Waals surface area contributed by atoms with Gasteiger partial charge in [-0.3, -0.25) is 14.9 Å². The number of sulfonamides is 1. The second-order valence-corrected chi connectivity index (χ2v) is 8.97. The molecule has 0 radical (unpaired) electrons. The van der Waals surface area contributed by atoms with Crippen LogP contribution in [0.3, 0.4) is 0 Å². The number of nitrogens with zero attached hydrogens (tertiary/aromatic N) is 1. The number of benzene rings is 2. The van der Waals surface area contributed by atoms with Crippen molar-refractivity contribution in [2.75, 3.05) is 6.61 Å². The van der Waals surface area contributed by atoms with Crippen molar-refractivity contribution in [2.45, 2.75) is 31.9 Å². The van der Waals surface area contributed by atoms with Gasteiger partial charge in [0.2, 0.25) is 10.0 Å². The first-order valence-electron chi connectivity index (χ1n) is 8.47. The van der Waals surface area contributed by atoms with Crippen molar-refractivity contribution in [2.24, 2.45) is 0 Å². The maximum Gasteiger partial charge on any atom is 0.271 e. The first-order chi connectivity index (χ1) is 13.0. The zero-order chi connectivity index (χ0) is 20.9. The second-order valence-electron chi connectivity index (χ2n) is 7.24. The van der Waals surface area contributed by atoms with Gasteiger partial charge >= 0.3 is 0 Å². The summed E-state index contributed by atoms with van der Waals surface area (Å²) in [6.07, 6.45) is 0. The summed E-state index contributed by atoms with van der Waals surface area (Å²) in [4.78, 5) is 22.1. The van der Waals surface area contributed by atoms with E-state index in [0.717, 1.165) is 5.56 Å². The Morgan fingerprint density at radius 1 is 1.11 bits per heavy atom. The van der Waals surface area contributed by atoms with Crippen LogP contribution < -0.4 is 9.46 Å². The second kappa shape index (κ2) is 8.39. The lowest BCUT2D eigenvalue weighted by molar-refractivity contribution is -0.384. The number of nitro benzene ring substituents is 1.